The van der Waals surface area contributed by atoms with Crippen LogP contribution in [0.4, 0.5) is 0 Å². The maximum atomic E-state index is 5.59. The first kappa shape index (κ1) is 27.5. The molecule has 1 N–H and O–H groups in total. The van der Waals surface area contributed by atoms with E-state index >= 15 is 0 Å². The lowest BCUT2D eigenvalue weighted by Crippen LogP contribution is -2.48. The number of ether oxygens (including phenoxy) is 2. The van der Waals surface area contributed by atoms with Crippen LogP contribution in [0.3, 0.4) is 0 Å². The second-order valence-corrected chi connectivity index (χ2v) is 12.3. The number of nitrogens with one attached hydrogen (secondary N) is 1. The summed E-state index contributed by atoms with van der Waals surface area (Å²) in [5, 5.41) is 2.62. The normalized spacial score (nSPS) is 18.5. The van der Waals surface area contributed by atoms with Crippen LogP contribution in [0.15, 0.2) is 30.3 Å². The van der Waals surface area contributed by atoms with Crippen LogP contribution >= 0.6 is 9.24 Å². The molecule has 0 spiro atoms. The maximum absolute atomic E-state index is 5.59. The molecule has 2 saturated heterocycles. The minimum atomic E-state index is 0.639. The van der Waals surface area contributed by atoms with Gasteiger partial charge in [-0.2, -0.15) is 0 Å². The van der Waals surface area contributed by atoms with Crippen molar-refractivity contribution in [2.75, 3.05) is 46.9 Å². The summed E-state index contributed by atoms with van der Waals surface area (Å²) < 4.78 is 11.1. The summed E-state index contributed by atoms with van der Waals surface area (Å²) in [7, 11) is 6.38. The molecule has 0 aliphatic carbocycles. The van der Waals surface area contributed by atoms with Crippen LogP contribution in [-0.4, -0.2) is 67.8 Å². The second-order valence-electron chi connectivity index (χ2n) is 11.7. The molecule has 2 fully saturated rings. The van der Waals surface area contributed by atoms with E-state index in [1.54, 1.807) is 14.2 Å². The number of hydrogen-bond donors (Lipinski definition) is 1. The fourth-order valence-electron chi connectivity index (χ4n) is 6.82. The van der Waals surface area contributed by atoms with Gasteiger partial charge in [-0.3, -0.25) is 0 Å². The minimum absolute atomic E-state index is 0.639. The number of aromatic amines is 1. The highest BCUT2D eigenvalue weighted by atomic mass is 31.0. The van der Waals surface area contributed by atoms with Crippen LogP contribution in [0.5, 0.6) is 11.5 Å². The van der Waals surface area contributed by atoms with Crippen molar-refractivity contribution in [3.05, 3.63) is 41.5 Å². The number of hydrogen-bond acceptors (Lipinski definition) is 4. The van der Waals surface area contributed by atoms with E-state index in [2.05, 4.69) is 69.1 Å². The molecule has 0 radical (unpaired) electrons. The number of methoxy groups -OCH3 is 2. The predicted molar refractivity (Wildman–Crippen MR) is 163 cm³/mol. The summed E-state index contributed by atoms with van der Waals surface area (Å²) >= 11 is 0. The van der Waals surface area contributed by atoms with Crippen molar-refractivity contribution in [1.82, 2.24) is 14.8 Å². The van der Waals surface area contributed by atoms with E-state index in [4.69, 9.17) is 9.47 Å². The van der Waals surface area contributed by atoms with Crippen LogP contribution in [0.25, 0.3) is 22.2 Å². The highest BCUT2D eigenvalue weighted by Gasteiger charge is 2.29. The van der Waals surface area contributed by atoms with Crippen molar-refractivity contribution in [3.63, 3.8) is 0 Å². The number of benzene rings is 2. The first-order valence-corrected chi connectivity index (χ1v) is 15.1. The monoisotopic (exact) mass is 535 g/mol. The van der Waals surface area contributed by atoms with Gasteiger partial charge in [-0.15, -0.1) is 9.24 Å². The van der Waals surface area contributed by atoms with Gasteiger partial charge in [0.05, 0.1) is 19.7 Å². The molecule has 2 aromatic carbocycles. The summed E-state index contributed by atoms with van der Waals surface area (Å²) in [5.74, 6) is 2.92. The smallest absolute Gasteiger partial charge is 0.161 e. The van der Waals surface area contributed by atoms with Crippen molar-refractivity contribution >= 4 is 25.4 Å². The Kier molecular flexibility index (Phi) is 8.67. The van der Waals surface area contributed by atoms with Crippen molar-refractivity contribution in [1.29, 1.82) is 0 Å². The van der Waals surface area contributed by atoms with Gasteiger partial charge in [-0.05, 0) is 117 Å². The zero-order valence-electron chi connectivity index (χ0n) is 24.0. The molecule has 5 nitrogen and oxygen atoms in total. The van der Waals surface area contributed by atoms with Gasteiger partial charge in [-0.25, -0.2) is 0 Å². The van der Waals surface area contributed by atoms with E-state index in [1.807, 2.05) is 6.07 Å². The average molecular weight is 536 g/mol. The molecular weight excluding hydrogens is 489 g/mol. The number of likely N-dealkylation sites (tertiary alicyclic amines) is 2. The molecule has 3 aromatic rings. The lowest BCUT2D eigenvalue weighted by molar-refractivity contribution is 0.0828. The topological polar surface area (TPSA) is 40.7 Å². The number of aryl methyl sites for hydroxylation is 1. The van der Waals surface area contributed by atoms with Crippen LogP contribution in [0, 0.1) is 5.92 Å². The van der Waals surface area contributed by atoms with Crippen molar-refractivity contribution in [3.8, 4) is 22.8 Å². The molecule has 2 aliphatic rings. The van der Waals surface area contributed by atoms with Gasteiger partial charge in [0, 0.05) is 29.2 Å². The highest BCUT2D eigenvalue weighted by molar-refractivity contribution is 7.28. The molecule has 3 heterocycles. The molecule has 206 valence electrons. The van der Waals surface area contributed by atoms with Gasteiger partial charge < -0.3 is 24.3 Å². The molecular formula is C32H46N3O2P. The van der Waals surface area contributed by atoms with E-state index in [1.165, 1.54) is 91.4 Å². The van der Waals surface area contributed by atoms with Crippen molar-refractivity contribution < 1.29 is 9.47 Å². The number of nitrogens with zero attached hydrogens (tertiary/aromatic N) is 2. The Morgan fingerprint density at radius 1 is 0.947 bits per heavy atom. The number of piperidine rings is 2. The van der Waals surface area contributed by atoms with Gasteiger partial charge in [0.1, 0.15) is 0 Å². The third-order valence-electron chi connectivity index (χ3n) is 8.79. The summed E-state index contributed by atoms with van der Waals surface area (Å²) in [4.78, 5) is 9.22. The molecule has 38 heavy (non-hydrogen) atoms. The lowest BCUT2D eigenvalue weighted by atomic mass is 9.87. The van der Waals surface area contributed by atoms with Gasteiger partial charge in [0.25, 0.3) is 0 Å². The Bertz CT molecular complexity index is 1240. The summed E-state index contributed by atoms with van der Waals surface area (Å²) in [6.07, 6.45) is 6.17. The van der Waals surface area contributed by atoms with E-state index in [0.717, 1.165) is 35.4 Å². The molecule has 1 aromatic heterocycles. The molecule has 1 atom stereocenters. The minimum Gasteiger partial charge on any atom is -0.493 e. The van der Waals surface area contributed by atoms with Crippen LogP contribution in [0.1, 0.15) is 63.5 Å². The van der Waals surface area contributed by atoms with Gasteiger partial charge in [0.2, 0.25) is 0 Å². The molecule has 0 bridgehead atoms. The maximum Gasteiger partial charge on any atom is 0.161 e. The Morgan fingerprint density at radius 3 is 2.29 bits per heavy atom. The SMILES string of the molecule is CCc1c(-c2ccc(OC)c(OC)c2)[nH]c2c(P)cc(C3CCN(C4CCN(CC(C)C)CC4)CC3)cc12. The van der Waals surface area contributed by atoms with E-state index in [-0.39, 0.29) is 0 Å². The lowest BCUT2D eigenvalue weighted by Gasteiger charge is -2.42. The van der Waals surface area contributed by atoms with Gasteiger partial charge in [0.15, 0.2) is 11.5 Å². The predicted octanol–water partition coefficient (Wildman–Crippen LogP) is 6.21. The standard InChI is InChI=1S/C32H46N3O2P/c1-6-26-27-17-24(22-9-15-35(16-10-22)25-11-13-34(14-12-25)20-21(2)3)19-30(38)32(27)33-31(26)23-7-8-28(36-4)29(18-23)37-5/h7-8,17-19,21-22,25,33H,6,9-16,20,38H2,1-5H3. The largest absolute Gasteiger partial charge is 0.493 e. The third-order valence-corrected chi connectivity index (χ3v) is 9.25. The Hall–Kier alpha value is -2.07. The quantitative estimate of drug-likeness (QED) is 0.348. The molecule has 5 rings (SSSR count). The highest BCUT2D eigenvalue weighted by Crippen LogP contribution is 2.38. The first-order chi connectivity index (χ1) is 18.4. The number of H-pyrrole nitrogens is 1. The fraction of sp³-hybridized carbons (Fsp3) is 0.562. The number of aromatic nitrogens is 1. The summed E-state index contributed by atoms with van der Waals surface area (Å²) in [6, 6.07) is 11.9. The van der Waals surface area contributed by atoms with Crippen LogP contribution in [-0.2, 0) is 6.42 Å². The zero-order valence-corrected chi connectivity index (χ0v) is 25.1. The second kappa shape index (κ2) is 12.0. The van der Waals surface area contributed by atoms with Crippen LogP contribution in [0.2, 0.25) is 0 Å². The summed E-state index contributed by atoms with van der Waals surface area (Å²) in [5.41, 5.74) is 6.42. The molecule has 2 aliphatic heterocycles. The number of fused-ring (bicyclic) bond motifs is 1. The number of rotatable bonds is 8. The molecule has 0 amide bonds. The first-order valence-electron chi connectivity index (χ1n) is 14.5. The molecule has 1 unspecified atom stereocenters. The van der Waals surface area contributed by atoms with Crippen molar-refractivity contribution in [2.24, 2.45) is 5.92 Å². The summed E-state index contributed by atoms with van der Waals surface area (Å²) in [6.45, 7) is 13.2. The van der Waals surface area contributed by atoms with E-state index in [9.17, 15) is 0 Å². The van der Waals surface area contributed by atoms with Gasteiger partial charge in [-0.1, -0.05) is 20.8 Å². The fourth-order valence-corrected chi connectivity index (χ4v) is 7.24. The third kappa shape index (κ3) is 5.62. The van der Waals surface area contributed by atoms with Gasteiger partial charge >= 0.3 is 0 Å². The van der Waals surface area contributed by atoms with E-state index < -0.39 is 0 Å². The molecule has 0 saturated carbocycles. The Labute approximate surface area is 231 Å². The Balaban J connectivity index is 1.33. The Morgan fingerprint density at radius 2 is 1.66 bits per heavy atom. The van der Waals surface area contributed by atoms with Crippen molar-refractivity contribution in [2.45, 2.75) is 64.8 Å². The zero-order chi connectivity index (χ0) is 26.8. The molecule has 6 heteroatoms. The van der Waals surface area contributed by atoms with Crippen LogP contribution < -0.4 is 14.8 Å². The average Bonchev–Trinajstić information content (AvgIpc) is 3.32. The van der Waals surface area contributed by atoms with E-state index in [0.29, 0.717) is 5.92 Å².